The minimum atomic E-state index is -1.42. The molecule has 2 rings (SSSR count). The molecule has 54 heavy (non-hydrogen) atoms. The molecule has 5 atom stereocenters. The number of methoxy groups -OCH3 is 2. The second-order valence-corrected chi connectivity index (χ2v) is 15.2. The normalized spacial score (nSPS) is 14.7. The first-order chi connectivity index (χ1) is 25.5. The van der Waals surface area contributed by atoms with Crippen LogP contribution in [0.5, 0.6) is 11.5 Å². The molecule has 0 aliphatic carbocycles. The summed E-state index contributed by atoms with van der Waals surface area (Å²) in [5.41, 5.74) is -0.102. The van der Waals surface area contributed by atoms with Crippen LogP contribution >= 0.6 is 11.6 Å². The lowest BCUT2D eigenvalue weighted by Gasteiger charge is -2.31. The topological polar surface area (TPSA) is 162 Å². The van der Waals surface area contributed by atoms with E-state index in [0.717, 1.165) is 17.4 Å². The molecule has 2 aromatic rings. The van der Waals surface area contributed by atoms with Crippen LogP contribution in [0, 0.1) is 16.7 Å². The lowest BCUT2D eigenvalue weighted by Crippen LogP contribution is -2.53. The van der Waals surface area contributed by atoms with Gasteiger partial charge in [0.2, 0.25) is 11.8 Å². The van der Waals surface area contributed by atoms with Crippen LogP contribution in [0.1, 0.15) is 58.6 Å². The number of ketones is 1. The Morgan fingerprint density at radius 2 is 1.63 bits per heavy atom. The van der Waals surface area contributed by atoms with Gasteiger partial charge in [0.05, 0.1) is 51.0 Å². The molecule has 0 aromatic heterocycles. The van der Waals surface area contributed by atoms with E-state index < -0.39 is 53.8 Å². The van der Waals surface area contributed by atoms with Crippen LogP contribution in [0.25, 0.3) is 0 Å². The average Bonchev–Trinajstić information content (AvgIpc) is 3.14. The number of esters is 1. The highest BCUT2D eigenvalue weighted by Crippen LogP contribution is 2.26. The molecule has 12 nitrogen and oxygen atoms in total. The molecule has 0 fully saturated rings. The number of halogens is 1. The van der Waals surface area contributed by atoms with Crippen molar-refractivity contribution in [3.05, 3.63) is 83.9 Å². The first-order valence-corrected chi connectivity index (χ1v) is 18.3. The molecule has 0 aliphatic rings. The molecule has 0 radical (unpaired) electrons. The molecule has 0 heterocycles. The lowest BCUT2D eigenvalue weighted by atomic mass is 9.85. The van der Waals surface area contributed by atoms with Crippen LogP contribution in [-0.4, -0.2) is 87.4 Å². The molecule has 2 aromatic carbocycles. The van der Waals surface area contributed by atoms with Crippen LogP contribution in [0.15, 0.2) is 67.8 Å². The van der Waals surface area contributed by atoms with Gasteiger partial charge < -0.3 is 34.7 Å². The molecule has 0 saturated carbocycles. The van der Waals surface area contributed by atoms with Crippen LogP contribution in [0.4, 0.5) is 0 Å². The van der Waals surface area contributed by atoms with E-state index in [-0.39, 0.29) is 30.8 Å². The lowest BCUT2D eigenvalue weighted by molar-refractivity contribution is -0.156. The molecule has 0 saturated heterocycles. The molecule has 0 aliphatic heterocycles. The van der Waals surface area contributed by atoms with Gasteiger partial charge in [0, 0.05) is 25.3 Å². The predicted octanol–water partition coefficient (Wildman–Crippen LogP) is 4.99. The van der Waals surface area contributed by atoms with E-state index in [1.165, 1.54) is 14.0 Å². The molecule has 1 unspecified atom stereocenters. The number of Topliss-reactive ketones (excluding diaryl/α,β-unsaturated/α-hetero) is 1. The number of hydrogen-bond donors (Lipinski definition) is 4. The summed E-state index contributed by atoms with van der Waals surface area (Å²) in [5, 5.41) is 19.0. The van der Waals surface area contributed by atoms with Crippen molar-refractivity contribution in [2.75, 3.05) is 40.5 Å². The molecule has 4 N–H and O–H groups in total. The zero-order valence-corrected chi connectivity index (χ0v) is 33.4. The van der Waals surface area contributed by atoms with Gasteiger partial charge in [-0.3, -0.25) is 24.5 Å². The summed E-state index contributed by atoms with van der Waals surface area (Å²) < 4.78 is 22.3. The Morgan fingerprint density at radius 1 is 0.963 bits per heavy atom. The number of aliphatic hydroxyl groups excluding tert-OH is 1. The Hall–Kier alpha value is -4.23. The van der Waals surface area contributed by atoms with E-state index >= 15 is 0 Å². The Balaban J connectivity index is 2.09. The number of ether oxygens (including phenoxy) is 4. The second kappa shape index (κ2) is 22.2. The van der Waals surface area contributed by atoms with Crippen LogP contribution in [-0.2, 0) is 41.7 Å². The molecular formula is C41H58ClN3O9. The largest absolute Gasteiger partial charge is 0.497 e. The van der Waals surface area contributed by atoms with E-state index in [1.807, 2.05) is 52.0 Å². The summed E-state index contributed by atoms with van der Waals surface area (Å²) in [6.45, 7) is 16.3. The van der Waals surface area contributed by atoms with Gasteiger partial charge in [-0.1, -0.05) is 70.1 Å². The van der Waals surface area contributed by atoms with E-state index in [9.17, 15) is 24.3 Å². The Morgan fingerprint density at radius 3 is 2.19 bits per heavy atom. The van der Waals surface area contributed by atoms with Gasteiger partial charge in [-0.15, -0.1) is 6.58 Å². The molecule has 13 heteroatoms. The summed E-state index contributed by atoms with van der Waals surface area (Å²) in [5.74, 6) is -1.06. The van der Waals surface area contributed by atoms with Crippen molar-refractivity contribution in [3.63, 3.8) is 0 Å². The van der Waals surface area contributed by atoms with E-state index in [4.69, 9.17) is 30.5 Å². The number of aliphatic hydroxyl groups is 1. The first-order valence-electron chi connectivity index (χ1n) is 17.9. The van der Waals surface area contributed by atoms with Gasteiger partial charge in [0.15, 0.2) is 5.78 Å². The fraction of sp³-hybridized carbons (Fsp3) is 0.512. The zero-order chi connectivity index (χ0) is 40.5. The standard InChI is InChI=1S/C41H58ClN3O9/c1-10-12-34(27(3)23-53-24-28-13-16-30(51-8)17-14-28)54-39(50)33(21-40(4,5)6)43-22-36(47)41(7,26-46)25-44-38(49)32(45-37(48)11-2)20-29-15-18-35(52-9)31(42)19-29/h10-11,13-19,27,32-34,43,46H,1-2,12,20-26H2,3-9H3,(H,44,49)(H,45,48)/t27-,32-,33+,34+,41?/m1/s1. The van der Waals surface area contributed by atoms with Crippen molar-refractivity contribution in [3.8, 4) is 11.5 Å². The van der Waals surface area contributed by atoms with Crippen LogP contribution in [0.3, 0.4) is 0 Å². The number of nitrogens with one attached hydrogen (secondary N) is 3. The smallest absolute Gasteiger partial charge is 0.323 e. The fourth-order valence-electron chi connectivity index (χ4n) is 5.42. The maximum absolute atomic E-state index is 13.7. The van der Waals surface area contributed by atoms with Crippen molar-refractivity contribution < 1.29 is 43.2 Å². The third-order valence-corrected chi connectivity index (χ3v) is 9.16. The molecule has 298 valence electrons. The van der Waals surface area contributed by atoms with Crippen molar-refractivity contribution in [2.45, 2.75) is 78.7 Å². The number of carbonyl (C=O) groups is 4. The Kier molecular flexibility index (Phi) is 18.9. The summed E-state index contributed by atoms with van der Waals surface area (Å²) in [6, 6.07) is 10.7. The van der Waals surface area contributed by atoms with E-state index in [2.05, 4.69) is 29.1 Å². The first kappa shape index (κ1) is 45.9. The predicted molar refractivity (Wildman–Crippen MR) is 209 cm³/mol. The van der Waals surface area contributed by atoms with Gasteiger partial charge in [-0.05, 0) is 60.2 Å². The molecule has 2 amide bonds. The van der Waals surface area contributed by atoms with Gasteiger partial charge in [-0.2, -0.15) is 0 Å². The number of hydrogen-bond acceptors (Lipinski definition) is 10. The van der Waals surface area contributed by atoms with E-state index in [1.54, 1.807) is 31.4 Å². The number of benzene rings is 2. The van der Waals surface area contributed by atoms with Crippen LogP contribution < -0.4 is 25.4 Å². The van der Waals surface area contributed by atoms with Gasteiger partial charge in [0.25, 0.3) is 0 Å². The summed E-state index contributed by atoms with van der Waals surface area (Å²) in [7, 11) is 3.09. The highest BCUT2D eigenvalue weighted by Gasteiger charge is 2.36. The Bertz CT molecular complexity index is 1560. The molecular weight excluding hydrogens is 714 g/mol. The van der Waals surface area contributed by atoms with Crippen molar-refractivity contribution in [2.24, 2.45) is 16.7 Å². The minimum absolute atomic E-state index is 0.0807. The van der Waals surface area contributed by atoms with E-state index in [0.29, 0.717) is 42.4 Å². The minimum Gasteiger partial charge on any atom is -0.497 e. The monoisotopic (exact) mass is 771 g/mol. The highest BCUT2D eigenvalue weighted by atomic mass is 35.5. The quantitative estimate of drug-likeness (QED) is 0.0651. The number of amides is 2. The van der Waals surface area contributed by atoms with Gasteiger partial charge >= 0.3 is 5.97 Å². The molecule has 0 spiro atoms. The average molecular weight is 772 g/mol. The fourth-order valence-corrected chi connectivity index (χ4v) is 5.71. The summed E-state index contributed by atoms with van der Waals surface area (Å²) in [6.07, 6.45) is 3.06. The second-order valence-electron chi connectivity index (χ2n) is 14.8. The van der Waals surface area contributed by atoms with Crippen molar-refractivity contribution >= 4 is 35.2 Å². The highest BCUT2D eigenvalue weighted by molar-refractivity contribution is 6.32. The van der Waals surface area contributed by atoms with Crippen molar-refractivity contribution in [1.29, 1.82) is 0 Å². The third-order valence-electron chi connectivity index (χ3n) is 8.87. The zero-order valence-electron chi connectivity index (χ0n) is 32.7. The molecule has 0 bridgehead atoms. The maximum Gasteiger partial charge on any atom is 0.323 e. The van der Waals surface area contributed by atoms with Crippen molar-refractivity contribution in [1.82, 2.24) is 16.0 Å². The maximum atomic E-state index is 13.7. The summed E-state index contributed by atoms with van der Waals surface area (Å²) in [4.78, 5) is 52.8. The Labute approximate surface area is 325 Å². The number of rotatable bonds is 24. The third kappa shape index (κ3) is 15.3. The SMILES string of the molecule is C=CC[C@H](OC(=O)[C@H](CC(C)(C)C)NCC(=O)C(C)(CO)CNC(=O)[C@@H](Cc1ccc(OC)c(Cl)c1)NC(=O)C=C)[C@H](C)COCc1ccc(OC)cc1. The summed E-state index contributed by atoms with van der Waals surface area (Å²) >= 11 is 6.26. The van der Waals surface area contributed by atoms with Gasteiger partial charge in [0.1, 0.15) is 29.7 Å². The van der Waals surface area contributed by atoms with Crippen LogP contribution in [0.2, 0.25) is 5.02 Å². The number of carbonyl (C=O) groups excluding carboxylic acids is 4. The van der Waals surface area contributed by atoms with Gasteiger partial charge in [-0.25, -0.2) is 0 Å².